The van der Waals surface area contributed by atoms with E-state index in [0.29, 0.717) is 0 Å². The second-order valence-electron chi connectivity index (χ2n) is 4.24. The van der Waals surface area contributed by atoms with Gasteiger partial charge in [-0.2, -0.15) is 0 Å². The Morgan fingerprint density at radius 3 is 1.50 bits per heavy atom. The molecule has 1 aliphatic rings. The molecule has 0 radical (unpaired) electrons. The van der Waals surface area contributed by atoms with Crippen LogP contribution in [0.2, 0.25) is 26.2 Å². The minimum absolute atomic E-state index is 0.0111. The van der Waals surface area contributed by atoms with Crippen molar-refractivity contribution in [3.05, 3.63) is 22.5 Å². The van der Waals surface area contributed by atoms with E-state index in [4.69, 9.17) is 0 Å². The normalized spacial score (nSPS) is 17.6. The van der Waals surface area contributed by atoms with Crippen molar-refractivity contribution < 1.29 is 9.59 Å². The molecule has 0 heterocycles. The lowest BCUT2D eigenvalue weighted by Gasteiger charge is -2.17. The van der Waals surface area contributed by atoms with Crippen LogP contribution in [0.15, 0.2) is 22.5 Å². The van der Waals surface area contributed by atoms with Crippen LogP contribution in [0.5, 0.6) is 0 Å². The number of hydrogen-bond donors (Lipinski definition) is 0. The van der Waals surface area contributed by atoms with Crippen LogP contribution < -0.4 is 0 Å². The number of carbonyl (C=O) groups is 2. The topological polar surface area (TPSA) is 34.1 Å². The molecule has 0 saturated heterocycles. The number of rotatable bonds is 2. The maximum Gasteiger partial charge on any atom is 0.178 e. The fourth-order valence-electron chi connectivity index (χ4n) is 1.50. The first-order valence-corrected chi connectivity index (χ1v) is 10.7. The van der Waals surface area contributed by atoms with Gasteiger partial charge in [0.05, 0.1) is 17.6 Å². The molecule has 0 aromatic carbocycles. The summed E-state index contributed by atoms with van der Waals surface area (Å²) >= 11 is 0. The highest BCUT2D eigenvalue weighted by molar-refractivity contribution is 6.79. The van der Waals surface area contributed by atoms with E-state index in [1.54, 1.807) is 12.2 Å². The van der Waals surface area contributed by atoms with Crippen LogP contribution in [0.25, 0.3) is 0 Å². The van der Waals surface area contributed by atoms with Crippen LogP contribution in [0.1, 0.15) is 0 Å². The molecule has 14 heavy (non-hydrogen) atoms. The molecule has 4 heteroatoms. The molecule has 0 unspecified atom stereocenters. The van der Waals surface area contributed by atoms with Gasteiger partial charge in [0.1, 0.15) is 0 Å². The molecule has 0 aromatic rings. The first kappa shape index (κ1) is 11.3. The fraction of sp³-hybridized carbons (Fsp3) is 0.400. The summed E-state index contributed by atoms with van der Waals surface area (Å²) in [5.74, 6) is 0.171. The summed E-state index contributed by atoms with van der Waals surface area (Å²) in [6, 6.07) is 0. The van der Waals surface area contributed by atoms with Gasteiger partial charge in [0.2, 0.25) is 0 Å². The summed E-state index contributed by atoms with van der Waals surface area (Å²) in [5, 5.41) is 1.63. The lowest BCUT2D eigenvalue weighted by molar-refractivity contribution is -0.114. The van der Waals surface area contributed by atoms with Crippen molar-refractivity contribution in [2.24, 2.45) is 0 Å². The molecule has 1 rings (SSSR count). The standard InChI is InChI=1S/C10H16O2Si2/c1-13(2)8-5-7(11)6-9(10(8)12)14(3)4/h5-6,13-14H,1-4H3. The molecule has 0 aliphatic heterocycles. The van der Waals surface area contributed by atoms with Gasteiger partial charge in [0.25, 0.3) is 0 Å². The summed E-state index contributed by atoms with van der Waals surface area (Å²) in [5.41, 5.74) is 0. The molecule has 0 spiro atoms. The van der Waals surface area contributed by atoms with E-state index in [-0.39, 0.29) is 11.6 Å². The smallest absolute Gasteiger partial charge is 0.178 e. The number of Topliss-reactive ketones (excluding diaryl/α,β-unsaturated/α-hetero) is 1. The minimum atomic E-state index is -1.16. The highest BCUT2D eigenvalue weighted by atomic mass is 28.3. The molecule has 0 aromatic heterocycles. The highest BCUT2D eigenvalue weighted by Crippen LogP contribution is 2.17. The third-order valence-electron chi connectivity index (χ3n) is 2.36. The van der Waals surface area contributed by atoms with Crippen molar-refractivity contribution in [2.75, 3.05) is 0 Å². The maximum atomic E-state index is 11.9. The third kappa shape index (κ3) is 2.19. The molecular formula is C10H16O2Si2. The zero-order valence-electron chi connectivity index (χ0n) is 9.13. The predicted octanol–water partition coefficient (Wildman–Crippen LogP) is 1.04. The first-order valence-electron chi connectivity index (χ1n) is 4.95. The van der Waals surface area contributed by atoms with Crippen LogP contribution in [0.4, 0.5) is 0 Å². The van der Waals surface area contributed by atoms with Crippen molar-refractivity contribution in [1.29, 1.82) is 0 Å². The van der Waals surface area contributed by atoms with Gasteiger partial charge in [0, 0.05) is 0 Å². The van der Waals surface area contributed by atoms with Gasteiger partial charge in [-0.05, 0) is 22.5 Å². The SMILES string of the molecule is C[SiH](C)C1=CC(=O)C=C([SiH](C)C)C1=O. The Morgan fingerprint density at radius 2 is 1.21 bits per heavy atom. The molecule has 0 atom stereocenters. The fourth-order valence-corrected chi connectivity index (χ4v) is 4.05. The molecule has 0 saturated carbocycles. The maximum absolute atomic E-state index is 11.9. The second kappa shape index (κ2) is 4.19. The van der Waals surface area contributed by atoms with Crippen molar-refractivity contribution in [3.63, 3.8) is 0 Å². The van der Waals surface area contributed by atoms with Gasteiger partial charge in [-0.15, -0.1) is 0 Å². The Balaban J connectivity index is 3.07. The molecule has 0 N–H and O–H groups in total. The van der Waals surface area contributed by atoms with Crippen LogP contribution in [0.3, 0.4) is 0 Å². The van der Waals surface area contributed by atoms with Gasteiger partial charge in [-0.1, -0.05) is 26.2 Å². The van der Waals surface area contributed by atoms with Gasteiger partial charge < -0.3 is 0 Å². The van der Waals surface area contributed by atoms with E-state index < -0.39 is 17.6 Å². The quantitative estimate of drug-likeness (QED) is 0.519. The molecule has 2 nitrogen and oxygen atoms in total. The molecule has 0 bridgehead atoms. The van der Waals surface area contributed by atoms with E-state index in [2.05, 4.69) is 26.2 Å². The lowest BCUT2D eigenvalue weighted by Crippen LogP contribution is -2.28. The summed E-state index contributed by atoms with van der Waals surface area (Å²) in [4.78, 5) is 23.3. The summed E-state index contributed by atoms with van der Waals surface area (Å²) in [6.45, 7) is 8.34. The average Bonchev–Trinajstić information content (AvgIpc) is 2.07. The van der Waals surface area contributed by atoms with Crippen LogP contribution in [-0.2, 0) is 9.59 Å². The third-order valence-corrected chi connectivity index (χ3v) is 5.71. The number of ketones is 2. The first-order chi connectivity index (χ1) is 6.43. The van der Waals surface area contributed by atoms with Gasteiger partial charge in [-0.25, -0.2) is 0 Å². The second-order valence-corrected chi connectivity index (χ2v) is 10.1. The van der Waals surface area contributed by atoms with E-state index >= 15 is 0 Å². The molecular weight excluding hydrogens is 208 g/mol. The Hall–Kier alpha value is -0.746. The van der Waals surface area contributed by atoms with Gasteiger partial charge >= 0.3 is 0 Å². The van der Waals surface area contributed by atoms with Gasteiger partial charge in [0.15, 0.2) is 11.6 Å². The summed E-state index contributed by atoms with van der Waals surface area (Å²) < 4.78 is 0. The average molecular weight is 224 g/mol. The van der Waals surface area contributed by atoms with Crippen LogP contribution in [0, 0.1) is 0 Å². The van der Waals surface area contributed by atoms with E-state index in [0.717, 1.165) is 10.4 Å². The number of allylic oxidation sites excluding steroid dienone is 4. The highest BCUT2D eigenvalue weighted by Gasteiger charge is 2.25. The van der Waals surface area contributed by atoms with E-state index in [1.807, 2.05) is 0 Å². The van der Waals surface area contributed by atoms with Gasteiger partial charge in [-0.3, -0.25) is 9.59 Å². The van der Waals surface area contributed by atoms with Crippen LogP contribution in [-0.4, -0.2) is 29.2 Å². The van der Waals surface area contributed by atoms with Crippen LogP contribution >= 0.6 is 0 Å². The Bertz CT molecular complexity index is 308. The Kier molecular flexibility index (Phi) is 3.39. The predicted molar refractivity (Wildman–Crippen MR) is 63.9 cm³/mol. The van der Waals surface area contributed by atoms with Crippen molar-refractivity contribution in [1.82, 2.24) is 0 Å². The molecule has 0 amide bonds. The zero-order chi connectivity index (χ0) is 10.9. The Labute approximate surface area is 87.9 Å². The summed E-state index contributed by atoms with van der Waals surface area (Å²) in [6.07, 6.45) is 3.08. The van der Waals surface area contributed by atoms with Crippen molar-refractivity contribution in [3.8, 4) is 0 Å². The minimum Gasteiger partial charge on any atom is -0.290 e. The molecule has 1 aliphatic carbocycles. The summed E-state index contributed by atoms with van der Waals surface area (Å²) in [7, 11) is -2.31. The van der Waals surface area contributed by atoms with Crippen molar-refractivity contribution in [2.45, 2.75) is 26.2 Å². The number of hydrogen-bond acceptors (Lipinski definition) is 2. The molecule has 76 valence electrons. The van der Waals surface area contributed by atoms with Crippen molar-refractivity contribution >= 4 is 29.2 Å². The monoisotopic (exact) mass is 224 g/mol. The Morgan fingerprint density at radius 1 is 0.857 bits per heavy atom. The lowest BCUT2D eigenvalue weighted by atomic mass is 10.1. The largest absolute Gasteiger partial charge is 0.290 e. The van der Waals surface area contributed by atoms with E-state index in [1.165, 1.54) is 0 Å². The number of carbonyl (C=O) groups excluding carboxylic acids is 2. The zero-order valence-corrected chi connectivity index (χ0v) is 11.4. The molecule has 0 fully saturated rings. The van der Waals surface area contributed by atoms with E-state index in [9.17, 15) is 9.59 Å².